The highest BCUT2D eigenvalue weighted by atomic mass is 32.2. The summed E-state index contributed by atoms with van der Waals surface area (Å²) < 4.78 is 71.9. The van der Waals surface area contributed by atoms with Gasteiger partial charge in [0.1, 0.15) is 12.4 Å². The van der Waals surface area contributed by atoms with Crippen LogP contribution in [0.4, 0.5) is 18.9 Å². The molecule has 26 heavy (non-hydrogen) atoms. The van der Waals surface area contributed by atoms with Crippen molar-refractivity contribution in [2.75, 3.05) is 10.9 Å². The van der Waals surface area contributed by atoms with Crippen LogP contribution in [0.25, 0.3) is 0 Å². The van der Waals surface area contributed by atoms with Crippen LogP contribution in [0.5, 0.6) is 5.75 Å². The van der Waals surface area contributed by atoms with Gasteiger partial charge in [-0.05, 0) is 37.3 Å². The number of anilines is 1. The zero-order valence-electron chi connectivity index (χ0n) is 13.8. The molecule has 8 heteroatoms. The molecule has 2 aromatic rings. The Morgan fingerprint density at radius 2 is 1.85 bits per heavy atom. The molecule has 2 aromatic carbocycles. The Morgan fingerprint density at radius 3 is 2.42 bits per heavy atom. The number of benzene rings is 2. The fourth-order valence-corrected chi connectivity index (χ4v) is 4.32. The highest BCUT2D eigenvalue weighted by molar-refractivity contribution is 7.92. The van der Waals surface area contributed by atoms with Gasteiger partial charge >= 0.3 is 6.18 Å². The summed E-state index contributed by atoms with van der Waals surface area (Å²) in [5.41, 5.74) is -0.240. The summed E-state index contributed by atoms with van der Waals surface area (Å²) in [5.74, 6) is 0.0757. The van der Waals surface area contributed by atoms with E-state index in [9.17, 15) is 21.6 Å². The van der Waals surface area contributed by atoms with Crippen molar-refractivity contribution in [2.24, 2.45) is 0 Å². The van der Waals surface area contributed by atoms with E-state index in [1.807, 2.05) is 6.92 Å². The van der Waals surface area contributed by atoms with E-state index < -0.39 is 27.8 Å². The highest BCUT2D eigenvalue weighted by Gasteiger charge is 2.38. The maximum atomic E-state index is 13.1. The molecule has 0 fully saturated rings. The van der Waals surface area contributed by atoms with Crippen molar-refractivity contribution < 1.29 is 26.3 Å². The Kier molecular flexibility index (Phi) is 4.47. The summed E-state index contributed by atoms with van der Waals surface area (Å²) in [5, 5.41) is 0. The van der Waals surface area contributed by atoms with Crippen molar-refractivity contribution in [1.82, 2.24) is 0 Å². The number of halogens is 3. The number of nitrogens with zero attached hydrogens (tertiary/aromatic N) is 1. The van der Waals surface area contributed by atoms with E-state index in [0.717, 1.165) is 28.1 Å². The molecule has 1 aliphatic heterocycles. The molecule has 0 spiro atoms. The molecule has 0 amide bonds. The number of sulfonamides is 1. The van der Waals surface area contributed by atoms with Gasteiger partial charge in [-0.15, -0.1) is 6.58 Å². The number of ether oxygens (including phenoxy) is 1. The minimum atomic E-state index is -4.60. The second kappa shape index (κ2) is 6.35. The molecule has 0 aromatic heterocycles. The van der Waals surface area contributed by atoms with Crippen LogP contribution in [0.15, 0.2) is 60.0 Å². The molecule has 1 heterocycles. The van der Waals surface area contributed by atoms with Crippen molar-refractivity contribution in [1.29, 1.82) is 0 Å². The fourth-order valence-electron chi connectivity index (χ4n) is 2.70. The molecule has 0 saturated carbocycles. The SMILES string of the molecule is C=C[C@@H]1COc2ccc(C(F)(F)F)cc2N1S(=O)(=O)c1ccc(C)cc1. The average molecular weight is 383 g/mol. The number of hydrogen-bond donors (Lipinski definition) is 0. The predicted octanol–water partition coefficient (Wildman–Crippen LogP) is 4.16. The lowest BCUT2D eigenvalue weighted by atomic mass is 10.1. The Morgan fingerprint density at radius 1 is 1.19 bits per heavy atom. The standard InChI is InChI=1S/C18H16F3NO3S/c1-3-14-11-25-17-9-6-13(18(19,20)21)10-16(17)22(14)26(23,24)15-7-4-12(2)5-8-15/h3-10,14H,1,11H2,2H3/t14-/m1/s1. The van der Waals surface area contributed by atoms with Crippen LogP contribution in [0, 0.1) is 6.92 Å². The first kappa shape index (κ1) is 18.3. The summed E-state index contributed by atoms with van der Waals surface area (Å²) in [4.78, 5) is -0.0137. The van der Waals surface area contributed by atoms with Gasteiger partial charge in [-0.25, -0.2) is 8.42 Å². The molecule has 0 saturated heterocycles. The zero-order valence-corrected chi connectivity index (χ0v) is 14.6. The van der Waals surface area contributed by atoms with Gasteiger partial charge in [0.05, 0.1) is 22.2 Å². The van der Waals surface area contributed by atoms with Crippen LogP contribution >= 0.6 is 0 Å². The smallest absolute Gasteiger partial charge is 0.416 e. The number of aryl methyl sites for hydroxylation is 1. The van der Waals surface area contributed by atoms with Crippen molar-refractivity contribution in [2.45, 2.75) is 24.0 Å². The summed E-state index contributed by atoms with van der Waals surface area (Å²) in [7, 11) is -4.10. The van der Waals surface area contributed by atoms with Crippen LogP contribution in [-0.2, 0) is 16.2 Å². The number of hydrogen-bond acceptors (Lipinski definition) is 3. The fraction of sp³-hybridized carbons (Fsp3) is 0.222. The van der Waals surface area contributed by atoms with E-state index in [-0.39, 0.29) is 22.9 Å². The number of alkyl halides is 3. The first-order valence-corrected chi connectivity index (χ1v) is 9.16. The second-order valence-corrected chi connectivity index (χ2v) is 7.72. The van der Waals surface area contributed by atoms with Gasteiger partial charge < -0.3 is 4.74 Å². The van der Waals surface area contributed by atoms with E-state index in [1.54, 1.807) is 12.1 Å². The quantitative estimate of drug-likeness (QED) is 0.748. The molecular formula is C18H16F3NO3S. The molecule has 0 unspecified atom stereocenters. The normalized spacial score (nSPS) is 17.4. The molecule has 1 aliphatic rings. The highest BCUT2D eigenvalue weighted by Crippen LogP contribution is 2.42. The van der Waals surface area contributed by atoms with Crippen molar-refractivity contribution in [3.05, 3.63) is 66.2 Å². The van der Waals surface area contributed by atoms with Gasteiger partial charge in [-0.3, -0.25) is 4.31 Å². The summed E-state index contributed by atoms with van der Waals surface area (Å²) in [6.45, 7) is 5.37. The molecule has 1 atom stereocenters. The maximum absolute atomic E-state index is 13.1. The predicted molar refractivity (Wildman–Crippen MR) is 91.8 cm³/mol. The summed E-state index contributed by atoms with van der Waals surface area (Å²) in [6.07, 6.45) is -3.26. The molecule has 4 nitrogen and oxygen atoms in total. The zero-order chi connectivity index (χ0) is 19.1. The Labute approximate surface area is 149 Å². The molecule has 0 bridgehead atoms. The Bertz CT molecular complexity index is 937. The van der Waals surface area contributed by atoms with Crippen LogP contribution in [0.1, 0.15) is 11.1 Å². The third-order valence-corrected chi connectivity index (χ3v) is 5.94. The van der Waals surface area contributed by atoms with Crippen LogP contribution < -0.4 is 9.04 Å². The first-order valence-electron chi connectivity index (χ1n) is 7.72. The average Bonchev–Trinajstić information content (AvgIpc) is 2.59. The Balaban J connectivity index is 2.19. The summed E-state index contributed by atoms with van der Waals surface area (Å²) >= 11 is 0. The molecule has 3 rings (SSSR count). The number of fused-ring (bicyclic) bond motifs is 1. The van der Waals surface area contributed by atoms with Gasteiger partial charge in [0, 0.05) is 0 Å². The van der Waals surface area contributed by atoms with Gasteiger partial charge in [-0.2, -0.15) is 13.2 Å². The maximum Gasteiger partial charge on any atom is 0.416 e. The van der Waals surface area contributed by atoms with Crippen LogP contribution in [-0.4, -0.2) is 21.1 Å². The minimum absolute atomic E-state index is 0.0137. The third kappa shape index (κ3) is 3.16. The lowest BCUT2D eigenvalue weighted by Crippen LogP contribution is -2.45. The minimum Gasteiger partial charge on any atom is -0.489 e. The second-order valence-electron chi connectivity index (χ2n) is 5.91. The Hall–Kier alpha value is -2.48. The molecule has 0 radical (unpaired) electrons. The first-order chi connectivity index (χ1) is 12.1. The van der Waals surface area contributed by atoms with Gasteiger partial charge in [0.25, 0.3) is 10.0 Å². The van der Waals surface area contributed by atoms with Gasteiger partial charge in [-0.1, -0.05) is 23.8 Å². The topological polar surface area (TPSA) is 46.6 Å². The van der Waals surface area contributed by atoms with E-state index in [1.165, 1.54) is 18.2 Å². The van der Waals surface area contributed by atoms with Crippen molar-refractivity contribution in [3.8, 4) is 5.75 Å². The molecular weight excluding hydrogens is 367 g/mol. The van der Waals surface area contributed by atoms with E-state index >= 15 is 0 Å². The summed E-state index contributed by atoms with van der Waals surface area (Å²) in [6, 6.07) is 8.07. The largest absolute Gasteiger partial charge is 0.489 e. The van der Waals surface area contributed by atoms with E-state index in [4.69, 9.17) is 4.74 Å². The van der Waals surface area contributed by atoms with Crippen LogP contribution in [0.3, 0.4) is 0 Å². The molecule has 0 aliphatic carbocycles. The van der Waals surface area contributed by atoms with Crippen molar-refractivity contribution >= 4 is 15.7 Å². The van der Waals surface area contributed by atoms with E-state index in [2.05, 4.69) is 6.58 Å². The van der Waals surface area contributed by atoms with Crippen LogP contribution in [0.2, 0.25) is 0 Å². The van der Waals surface area contributed by atoms with E-state index in [0.29, 0.717) is 0 Å². The number of rotatable bonds is 3. The molecule has 138 valence electrons. The lowest BCUT2D eigenvalue weighted by molar-refractivity contribution is -0.137. The van der Waals surface area contributed by atoms with Crippen molar-refractivity contribution in [3.63, 3.8) is 0 Å². The monoisotopic (exact) mass is 383 g/mol. The van der Waals surface area contributed by atoms with Gasteiger partial charge in [0.15, 0.2) is 0 Å². The molecule has 0 N–H and O–H groups in total. The van der Waals surface area contributed by atoms with Gasteiger partial charge in [0.2, 0.25) is 0 Å². The third-order valence-electron chi connectivity index (χ3n) is 4.08. The lowest BCUT2D eigenvalue weighted by Gasteiger charge is -2.36.